The van der Waals surface area contributed by atoms with E-state index in [9.17, 15) is 22.7 Å². The molecule has 4 heterocycles. The molecule has 276 valence electrons. The lowest BCUT2D eigenvalue weighted by Gasteiger charge is -2.55. The Morgan fingerprint density at radius 1 is 1.16 bits per heavy atom. The topological polar surface area (TPSA) is 147 Å². The van der Waals surface area contributed by atoms with Crippen LogP contribution in [0.2, 0.25) is 0 Å². The minimum atomic E-state index is -3.77. The Labute approximate surface area is 298 Å². The molecule has 3 saturated heterocycles. The standard InChI is InChI=1S/C36H47FN6O7S/c1-5-43(25(2)3)34(44)30-17-26(37)9-10-31(30)50-32-19-38-24-39-33(32)42-21-35(22-42)13-15-41(16-14-35)23-36(45)12-11-27(20-49-36)40-51(46,47)29-8-6-7-28(18-29)48-4/h6-10,17-19,24-25,27,40,45H,5,11-16,20-23H2,1-4H3/t27-,36-/m1/s1. The fraction of sp³-hybridized carbons (Fsp3) is 0.528. The van der Waals surface area contributed by atoms with Crippen molar-refractivity contribution in [2.45, 2.75) is 69.2 Å². The molecule has 2 aromatic carbocycles. The van der Waals surface area contributed by atoms with E-state index in [0.717, 1.165) is 39.0 Å². The summed E-state index contributed by atoms with van der Waals surface area (Å²) < 4.78 is 60.1. The number of sulfonamides is 1. The van der Waals surface area contributed by atoms with Crippen molar-refractivity contribution in [3.63, 3.8) is 0 Å². The first-order chi connectivity index (χ1) is 24.3. The van der Waals surface area contributed by atoms with Gasteiger partial charge in [0.05, 0.1) is 36.9 Å². The number of aromatic nitrogens is 2. The van der Waals surface area contributed by atoms with Gasteiger partial charge in [-0.15, -0.1) is 0 Å². The van der Waals surface area contributed by atoms with Crippen molar-refractivity contribution >= 4 is 21.7 Å². The van der Waals surface area contributed by atoms with Crippen LogP contribution < -0.4 is 19.1 Å². The Bertz CT molecular complexity index is 1800. The van der Waals surface area contributed by atoms with Crippen molar-refractivity contribution in [2.75, 3.05) is 57.9 Å². The summed E-state index contributed by atoms with van der Waals surface area (Å²) in [5, 5.41) is 11.3. The van der Waals surface area contributed by atoms with Crippen molar-refractivity contribution in [1.82, 2.24) is 24.5 Å². The summed E-state index contributed by atoms with van der Waals surface area (Å²) in [5.74, 6) is -0.503. The monoisotopic (exact) mass is 726 g/mol. The van der Waals surface area contributed by atoms with Gasteiger partial charge in [0.2, 0.25) is 10.0 Å². The Kier molecular flexibility index (Phi) is 10.8. The van der Waals surface area contributed by atoms with Gasteiger partial charge in [-0.25, -0.2) is 27.5 Å². The van der Waals surface area contributed by atoms with Crippen molar-refractivity contribution < 1.29 is 36.9 Å². The van der Waals surface area contributed by atoms with Gasteiger partial charge in [-0.1, -0.05) is 6.07 Å². The van der Waals surface area contributed by atoms with E-state index in [1.54, 1.807) is 23.2 Å². The average Bonchev–Trinajstić information content (AvgIpc) is 3.10. The first-order valence-electron chi connectivity index (χ1n) is 17.4. The number of ether oxygens (including phenoxy) is 3. The number of nitrogens with one attached hydrogen (secondary N) is 1. The van der Waals surface area contributed by atoms with E-state index in [4.69, 9.17) is 14.2 Å². The quantitative estimate of drug-likeness (QED) is 0.279. The first kappa shape index (κ1) is 36.9. The van der Waals surface area contributed by atoms with Crippen LogP contribution in [-0.4, -0.2) is 110 Å². The van der Waals surface area contributed by atoms with Gasteiger partial charge >= 0.3 is 0 Å². The van der Waals surface area contributed by atoms with Gasteiger partial charge < -0.3 is 29.1 Å². The molecule has 3 fully saturated rings. The molecule has 0 aliphatic carbocycles. The molecule has 13 nitrogen and oxygen atoms in total. The van der Waals surface area contributed by atoms with E-state index in [1.165, 1.54) is 43.8 Å². The van der Waals surface area contributed by atoms with E-state index >= 15 is 0 Å². The molecule has 1 aromatic heterocycles. The van der Waals surface area contributed by atoms with Crippen molar-refractivity contribution in [3.05, 3.63) is 66.4 Å². The van der Waals surface area contributed by atoms with Crippen molar-refractivity contribution in [2.24, 2.45) is 5.41 Å². The third-order valence-electron chi connectivity index (χ3n) is 10.1. The number of methoxy groups -OCH3 is 1. The molecule has 15 heteroatoms. The maximum Gasteiger partial charge on any atom is 0.257 e. The van der Waals surface area contributed by atoms with E-state index in [1.807, 2.05) is 20.8 Å². The van der Waals surface area contributed by atoms with E-state index in [2.05, 4.69) is 24.5 Å². The van der Waals surface area contributed by atoms with Gasteiger partial charge in [0.15, 0.2) is 17.4 Å². The fourth-order valence-electron chi connectivity index (χ4n) is 7.24. The van der Waals surface area contributed by atoms with Crippen LogP contribution >= 0.6 is 0 Å². The predicted octanol–water partition coefficient (Wildman–Crippen LogP) is 4.04. The van der Waals surface area contributed by atoms with Crippen LogP contribution in [-0.2, 0) is 14.8 Å². The lowest BCUT2D eigenvalue weighted by atomic mass is 9.72. The highest BCUT2D eigenvalue weighted by Gasteiger charge is 2.47. The van der Waals surface area contributed by atoms with Crippen LogP contribution in [0.25, 0.3) is 0 Å². The number of piperidine rings is 1. The van der Waals surface area contributed by atoms with Gasteiger partial charge in [-0.2, -0.15) is 0 Å². The number of hydrogen-bond acceptors (Lipinski definition) is 11. The number of benzene rings is 2. The summed E-state index contributed by atoms with van der Waals surface area (Å²) in [6.45, 7) is 9.67. The van der Waals surface area contributed by atoms with Crippen LogP contribution in [0, 0.1) is 11.2 Å². The number of rotatable bonds is 12. The number of carbonyl (C=O) groups is 1. The van der Waals surface area contributed by atoms with Crippen molar-refractivity contribution in [1.29, 1.82) is 0 Å². The lowest BCUT2D eigenvalue weighted by Crippen LogP contribution is -2.62. The second kappa shape index (κ2) is 15.0. The van der Waals surface area contributed by atoms with E-state index in [0.29, 0.717) is 43.2 Å². The number of hydrogen-bond donors (Lipinski definition) is 2. The predicted molar refractivity (Wildman–Crippen MR) is 188 cm³/mol. The molecule has 6 rings (SSSR count). The molecule has 0 bridgehead atoms. The normalized spacial score (nSPS) is 22.1. The largest absolute Gasteiger partial charge is 0.497 e. The van der Waals surface area contributed by atoms with Crippen molar-refractivity contribution in [3.8, 4) is 17.2 Å². The third kappa shape index (κ3) is 8.28. The number of nitrogens with zero attached hydrogens (tertiary/aromatic N) is 5. The van der Waals surface area contributed by atoms with Crippen LogP contribution in [0.3, 0.4) is 0 Å². The van der Waals surface area contributed by atoms with Crippen LogP contribution in [0.5, 0.6) is 17.2 Å². The second-order valence-corrected chi connectivity index (χ2v) is 15.8. The first-order valence-corrected chi connectivity index (χ1v) is 18.9. The summed E-state index contributed by atoms with van der Waals surface area (Å²) in [5.41, 5.74) is 0.218. The number of likely N-dealkylation sites (tertiary alicyclic amines) is 1. The summed E-state index contributed by atoms with van der Waals surface area (Å²) in [4.78, 5) is 28.1. The SMILES string of the molecule is CCN(C(=O)c1cc(F)ccc1Oc1cncnc1N1CC2(CCN(C[C@@]3(O)CC[C@@H](NS(=O)(=O)c4cccc(OC)c4)CO3)CC2)C1)C(C)C. The average molecular weight is 727 g/mol. The van der Waals surface area contributed by atoms with Crippen LogP contribution in [0.4, 0.5) is 10.2 Å². The zero-order valence-electron chi connectivity index (χ0n) is 29.5. The summed E-state index contributed by atoms with van der Waals surface area (Å²) in [6, 6.07) is 9.70. The lowest BCUT2D eigenvalue weighted by molar-refractivity contribution is -0.239. The molecule has 0 unspecified atom stereocenters. The molecule has 3 aliphatic heterocycles. The van der Waals surface area contributed by atoms with E-state index in [-0.39, 0.29) is 40.2 Å². The highest BCUT2D eigenvalue weighted by Crippen LogP contribution is 2.45. The number of aliphatic hydroxyl groups is 1. The van der Waals surface area contributed by atoms with Crippen LogP contribution in [0.15, 0.2) is 59.9 Å². The Morgan fingerprint density at radius 3 is 2.59 bits per heavy atom. The Balaban J connectivity index is 1.01. The van der Waals surface area contributed by atoms with Gasteiger partial charge in [0.1, 0.15) is 23.6 Å². The maximum absolute atomic E-state index is 14.3. The molecular weight excluding hydrogens is 679 g/mol. The van der Waals surface area contributed by atoms with E-state index < -0.39 is 27.7 Å². The number of amides is 1. The maximum atomic E-state index is 14.3. The highest BCUT2D eigenvalue weighted by atomic mass is 32.2. The minimum Gasteiger partial charge on any atom is -0.497 e. The minimum absolute atomic E-state index is 0.0668. The fourth-order valence-corrected chi connectivity index (χ4v) is 8.53. The third-order valence-corrected chi connectivity index (χ3v) is 11.6. The molecule has 0 radical (unpaired) electrons. The van der Waals surface area contributed by atoms with Gasteiger partial charge in [-0.05, 0) is 83.5 Å². The number of carbonyl (C=O) groups excluding carboxylic acids is 1. The number of halogens is 1. The smallest absolute Gasteiger partial charge is 0.257 e. The Hall–Kier alpha value is -3.89. The van der Waals surface area contributed by atoms with Gasteiger partial charge in [-0.3, -0.25) is 9.69 Å². The Morgan fingerprint density at radius 2 is 1.92 bits per heavy atom. The summed E-state index contributed by atoms with van der Waals surface area (Å²) >= 11 is 0. The molecular formula is C36H47FN6O7S. The molecule has 1 spiro atoms. The molecule has 3 aliphatic rings. The molecule has 1 amide bonds. The molecule has 2 N–H and O–H groups in total. The van der Waals surface area contributed by atoms with Crippen LogP contribution in [0.1, 0.15) is 56.8 Å². The number of β-amino-alcohol motifs (C(OH)–C–C–N with tert-alkyl or cyclic N) is 1. The molecule has 51 heavy (non-hydrogen) atoms. The summed E-state index contributed by atoms with van der Waals surface area (Å²) in [7, 11) is -2.29. The highest BCUT2D eigenvalue weighted by molar-refractivity contribution is 7.89. The molecule has 0 saturated carbocycles. The zero-order valence-corrected chi connectivity index (χ0v) is 30.4. The number of anilines is 1. The molecule has 3 aromatic rings. The summed E-state index contributed by atoms with van der Waals surface area (Å²) in [6.07, 6.45) is 5.61. The van der Waals surface area contributed by atoms with Gasteiger partial charge in [0, 0.05) is 49.6 Å². The zero-order chi connectivity index (χ0) is 36.4. The molecule has 2 atom stereocenters. The van der Waals surface area contributed by atoms with Gasteiger partial charge in [0.25, 0.3) is 5.91 Å². The second-order valence-electron chi connectivity index (χ2n) is 14.1.